The van der Waals surface area contributed by atoms with Crippen LogP contribution in [0.25, 0.3) is 0 Å². The second kappa shape index (κ2) is 7.24. The van der Waals surface area contributed by atoms with Crippen LogP contribution in [0.4, 0.5) is 0 Å². The minimum atomic E-state index is 0.295. The third kappa shape index (κ3) is 3.16. The van der Waals surface area contributed by atoms with Crippen molar-refractivity contribution in [2.75, 3.05) is 41.5 Å². The third-order valence-corrected chi connectivity index (χ3v) is 5.65. The van der Waals surface area contributed by atoms with E-state index in [0.29, 0.717) is 12.0 Å². The van der Waals surface area contributed by atoms with E-state index in [1.165, 1.54) is 5.56 Å². The largest absolute Gasteiger partial charge is 0.497 e. The number of methoxy groups -OCH3 is 3. The minimum Gasteiger partial charge on any atom is -0.497 e. The molecule has 2 aromatic rings. The Morgan fingerprint density at radius 1 is 0.963 bits per heavy atom. The number of likely N-dealkylation sites (tertiary alicyclic amines) is 1. The van der Waals surface area contributed by atoms with E-state index < -0.39 is 0 Å². The first-order chi connectivity index (χ1) is 13.1. The number of likely N-dealkylation sites (N-methyl/N-ethyl adjacent to an activating group) is 1. The Morgan fingerprint density at radius 3 is 2.33 bits per heavy atom. The molecule has 1 saturated heterocycles. The van der Waals surface area contributed by atoms with Crippen LogP contribution in [0.3, 0.4) is 0 Å². The molecule has 2 aliphatic rings. The van der Waals surface area contributed by atoms with Crippen molar-refractivity contribution in [2.45, 2.75) is 18.4 Å². The Labute approximate surface area is 160 Å². The summed E-state index contributed by atoms with van der Waals surface area (Å²) in [7, 11) is 7.23. The lowest BCUT2D eigenvalue weighted by atomic mass is 9.79. The predicted octanol–water partition coefficient (Wildman–Crippen LogP) is 3.35. The molecular weight excluding hydrogens is 340 g/mol. The van der Waals surface area contributed by atoms with Crippen LogP contribution in [-0.4, -0.2) is 58.1 Å². The Kier molecular flexibility index (Phi) is 4.79. The average Bonchev–Trinajstić information content (AvgIpc) is 2.72. The summed E-state index contributed by atoms with van der Waals surface area (Å²) in [6.45, 7) is 2.08. The Balaban J connectivity index is 1.87. The molecule has 0 spiro atoms. The van der Waals surface area contributed by atoms with Crippen LogP contribution < -0.4 is 14.2 Å². The van der Waals surface area contributed by atoms with Crippen LogP contribution >= 0.6 is 0 Å². The molecule has 0 saturated carbocycles. The second-order valence-corrected chi connectivity index (χ2v) is 7.23. The van der Waals surface area contributed by atoms with Crippen LogP contribution in [0.5, 0.6) is 17.2 Å². The molecule has 4 rings (SSSR count). The summed E-state index contributed by atoms with van der Waals surface area (Å²) in [5, 5.41) is 0. The number of benzene rings is 2. The molecule has 0 aliphatic carbocycles. The molecule has 0 radical (unpaired) electrons. The molecule has 2 aromatic carbocycles. The van der Waals surface area contributed by atoms with E-state index in [2.05, 4.69) is 36.2 Å². The first kappa shape index (κ1) is 17.9. The summed E-state index contributed by atoms with van der Waals surface area (Å²) in [6.07, 6.45) is 1.06. The smallest absolute Gasteiger partial charge is 0.161 e. The molecule has 1 fully saturated rings. The molecule has 2 atom stereocenters. The van der Waals surface area contributed by atoms with Gasteiger partial charge in [0.2, 0.25) is 0 Å². The van der Waals surface area contributed by atoms with Gasteiger partial charge in [-0.3, -0.25) is 4.99 Å². The molecule has 5 heteroatoms. The highest BCUT2D eigenvalue weighted by atomic mass is 16.5. The molecule has 2 aliphatic heterocycles. The quantitative estimate of drug-likeness (QED) is 0.832. The van der Waals surface area contributed by atoms with Crippen LogP contribution in [0.2, 0.25) is 0 Å². The van der Waals surface area contributed by atoms with E-state index >= 15 is 0 Å². The lowest BCUT2D eigenvalue weighted by Crippen LogP contribution is -2.41. The zero-order valence-electron chi connectivity index (χ0n) is 16.4. The Morgan fingerprint density at radius 2 is 1.67 bits per heavy atom. The van der Waals surface area contributed by atoms with E-state index in [1.54, 1.807) is 21.3 Å². The van der Waals surface area contributed by atoms with Crippen molar-refractivity contribution in [3.05, 3.63) is 53.1 Å². The summed E-state index contributed by atoms with van der Waals surface area (Å²) in [4.78, 5) is 7.57. The van der Waals surface area contributed by atoms with Gasteiger partial charge in [-0.25, -0.2) is 0 Å². The van der Waals surface area contributed by atoms with E-state index in [0.717, 1.165) is 53.6 Å². The topological polar surface area (TPSA) is 43.3 Å². The molecule has 2 unspecified atom stereocenters. The van der Waals surface area contributed by atoms with Gasteiger partial charge in [-0.05, 0) is 62.0 Å². The number of fused-ring (bicyclic) bond motifs is 3. The fourth-order valence-electron chi connectivity index (χ4n) is 4.18. The average molecular weight is 366 g/mol. The molecule has 2 heterocycles. The summed E-state index contributed by atoms with van der Waals surface area (Å²) >= 11 is 0. The van der Waals surface area contributed by atoms with Crippen molar-refractivity contribution in [2.24, 2.45) is 4.99 Å². The number of aliphatic imine (C=N–C) groups is 1. The van der Waals surface area contributed by atoms with Crippen LogP contribution in [0.1, 0.15) is 29.0 Å². The van der Waals surface area contributed by atoms with Gasteiger partial charge in [-0.2, -0.15) is 0 Å². The fourth-order valence-corrected chi connectivity index (χ4v) is 4.18. The first-order valence-electron chi connectivity index (χ1n) is 9.31. The maximum absolute atomic E-state index is 5.59. The molecule has 0 aromatic heterocycles. The molecule has 5 nitrogen and oxygen atoms in total. The van der Waals surface area contributed by atoms with Crippen molar-refractivity contribution >= 4 is 5.71 Å². The molecule has 0 N–H and O–H groups in total. The van der Waals surface area contributed by atoms with E-state index in [9.17, 15) is 0 Å². The van der Waals surface area contributed by atoms with Gasteiger partial charge >= 0.3 is 0 Å². The van der Waals surface area contributed by atoms with Crippen LogP contribution in [0, 0.1) is 0 Å². The molecule has 27 heavy (non-hydrogen) atoms. The van der Waals surface area contributed by atoms with Crippen LogP contribution in [-0.2, 0) is 0 Å². The summed E-state index contributed by atoms with van der Waals surface area (Å²) in [5.74, 6) is 2.74. The van der Waals surface area contributed by atoms with Crippen molar-refractivity contribution in [1.29, 1.82) is 0 Å². The highest BCUT2D eigenvalue weighted by molar-refractivity contribution is 6.15. The Hall–Kier alpha value is -2.53. The molecule has 0 amide bonds. The first-order valence-corrected chi connectivity index (χ1v) is 9.31. The third-order valence-electron chi connectivity index (χ3n) is 5.65. The normalized spacial score (nSPS) is 21.7. The zero-order chi connectivity index (χ0) is 19.0. The van der Waals surface area contributed by atoms with E-state index in [4.69, 9.17) is 19.2 Å². The summed E-state index contributed by atoms with van der Waals surface area (Å²) in [6, 6.07) is 12.6. The monoisotopic (exact) mass is 366 g/mol. The standard InChI is InChI=1S/C22H26N2O3/c1-24-10-9-19-18(13-24)16-11-20(26-3)21(27-4)12-17(16)22(23-19)14-5-7-15(25-2)8-6-14/h5-8,11-12,18-19H,9-10,13H2,1-4H3. The minimum absolute atomic E-state index is 0.295. The van der Waals surface area contributed by atoms with Gasteiger partial charge in [-0.1, -0.05) is 0 Å². The molecular formula is C22H26N2O3. The Bertz CT molecular complexity index is 861. The zero-order valence-corrected chi connectivity index (χ0v) is 16.4. The summed E-state index contributed by atoms with van der Waals surface area (Å²) in [5.41, 5.74) is 4.56. The number of piperidine rings is 1. The maximum Gasteiger partial charge on any atom is 0.161 e. The fraction of sp³-hybridized carbons (Fsp3) is 0.409. The number of hydrogen-bond donors (Lipinski definition) is 0. The lowest BCUT2D eigenvalue weighted by molar-refractivity contribution is 0.227. The van der Waals surface area contributed by atoms with Crippen molar-refractivity contribution in [3.63, 3.8) is 0 Å². The highest BCUT2D eigenvalue weighted by Gasteiger charge is 2.36. The van der Waals surface area contributed by atoms with Gasteiger partial charge in [-0.15, -0.1) is 0 Å². The molecule has 142 valence electrons. The van der Waals surface area contributed by atoms with Gasteiger partial charge in [0.25, 0.3) is 0 Å². The molecule has 0 bridgehead atoms. The van der Waals surface area contributed by atoms with Gasteiger partial charge in [0, 0.05) is 23.6 Å². The van der Waals surface area contributed by atoms with Crippen molar-refractivity contribution < 1.29 is 14.2 Å². The van der Waals surface area contributed by atoms with Gasteiger partial charge in [0.15, 0.2) is 11.5 Å². The van der Waals surface area contributed by atoms with Crippen molar-refractivity contribution in [1.82, 2.24) is 4.90 Å². The van der Waals surface area contributed by atoms with Gasteiger partial charge in [0.1, 0.15) is 5.75 Å². The van der Waals surface area contributed by atoms with Gasteiger partial charge in [0.05, 0.1) is 33.1 Å². The number of rotatable bonds is 4. The number of nitrogens with zero attached hydrogens (tertiary/aromatic N) is 2. The van der Waals surface area contributed by atoms with E-state index in [-0.39, 0.29) is 0 Å². The van der Waals surface area contributed by atoms with Gasteiger partial charge < -0.3 is 19.1 Å². The van der Waals surface area contributed by atoms with E-state index in [1.807, 2.05) is 12.1 Å². The number of ether oxygens (including phenoxy) is 3. The number of hydrogen-bond acceptors (Lipinski definition) is 5. The lowest BCUT2D eigenvalue weighted by Gasteiger charge is -2.39. The predicted molar refractivity (Wildman–Crippen MR) is 107 cm³/mol. The van der Waals surface area contributed by atoms with Crippen molar-refractivity contribution in [3.8, 4) is 17.2 Å². The van der Waals surface area contributed by atoms with Crippen LogP contribution in [0.15, 0.2) is 41.4 Å². The SMILES string of the molecule is COc1ccc(C2=NC3CCN(C)CC3c3cc(OC)c(OC)cc32)cc1. The summed E-state index contributed by atoms with van der Waals surface area (Å²) < 4.78 is 16.5. The highest BCUT2D eigenvalue weighted by Crippen LogP contribution is 2.42. The maximum atomic E-state index is 5.59. The second-order valence-electron chi connectivity index (χ2n) is 7.23.